The van der Waals surface area contributed by atoms with Crippen LogP contribution in [0.2, 0.25) is 0 Å². The summed E-state index contributed by atoms with van der Waals surface area (Å²) in [6.45, 7) is 3.94. The molecule has 3 rings (SSSR count). The molecule has 0 saturated carbocycles. The number of hydrogen-bond donors (Lipinski definition) is 2. The molecular weight excluding hydrogens is 248 g/mol. The Kier molecular flexibility index (Phi) is 2.83. The number of H-pyrrole nitrogens is 1. The van der Waals surface area contributed by atoms with E-state index in [0.29, 0.717) is 16.8 Å². The van der Waals surface area contributed by atoms with Gasteiger partial charge in [-0.1, -0.05) is 24.3 Å². The quantitative estimate of drug-likeness (QED) is 0.549. The molecule has 2 aromatic carbocycles. The Balaban J connectivity index is 2.15. The third kappa shape index (κ3) is 1.88. The van der Waals surface area contributed by atoms with Crippen LogP contribution < -0.4 is 5.73 Å². The topological polar surface area (TPSA) is 58.9 Å². The number of fused-ring (bicyclic) bond motifs is 1. The lowest BCUT2D eigenvalue weighted by Gasteiger charge is -2.05. The molecular formula is C17H16N2O. The van der Waals surface area contributed by atoms with Gasteiger partial charge in [0.2, 0.25) is 0 Å². The van der Waals surface area contributed by atoms with Crippen molar-refractivity contribution in [2.24, 2.45) is 0 Å². The largest absolute Gasteiger partial charge is 0.398 e. The number of ketones is 1. The molecule has 0 aliphatic carbocycles. The predicted molar refractivity (Wildman–Crippen MR) is 82.1 cm³/mol. The fraction of sp³-hybridized carbons (Fsp3) is 0.118. The van der Waals surface area contributed by atoms with Crippen LogP contribution in [0.25, 0.3) is 10.9 Å². The number of nitrogen functional groups attached to an aromatic ring is 1. The molecule has 0 radical (unpaired) electrons. The van der Waals surface area contributed by atoms with E-state index in [9.17, 15) is 4.79 Å². The first-order valence-corrected chi connectivity index (χ1v) is 6.55. The van der Waals surface area contributed by atoms with Crippen LogP contribution in [0.4, 0.5) is 5.69 Å². The molecule has 1 aromatic heterocycles. The first kappa shape index (κ1) is 12.5. The number of aryl methyl sites for hydroxylation is 2. The molecule has 0 aliphatic heterocycles. The molecule has 1 heterocycles. The molecule has 0 amide bonds. The van der Waals surface area contributed by atoms with E-state index in [1.807, 2.05) is 44.2 Å². The smallest absolute Gasteiger partial charge is 0.195 e. The number of anilines is 1. The summed E-state index contributed by atoms with van der Waals surface area (Å²) >= 11 is 0. The third-order valence-corrected chi connectivity index (χ3v) is 3.70. The van der Waals surface area contributed by atoms with Crippen molar-refractivity contribution in [1.82, 2.24) is 4.98 Å². The molecule has 0 fully saturated rings. The third-order valence-electron chi connectivity index (χ3n) is 3.70. The summed E-state index contributed by atoms with van der Waals surface area (Å²) < 4.78 is 0. The highest BCUT2D eigenvalue weighted by atomic mass is 16.1. The maximum absolute atomic E-state index is 12.7. The second kappa shape index (κ2) is 4.53. The number of benzene rings is 2. The van der Waals surface area contributed by atoms with Crippen LogP contribution in [0.1, 0.15) is 27.0 Å². The number of hydrogen-bond acceptors (Lipinski definition) is 2. The van der Waals surface area contributed by atoms with Gasteiger partial charge in [0.1, 0.15) is 0 Å². The lowest BCUT2D eigenvalue weighted by atomic mass is 9.99. The Morgan fingerprint density at radius 3 is 2.65 bits per heavy atom. The molecule has 100 valence electrons. The maximum Gasteiger partial charge on any atom is 0.195 e. The van der Waals surface area contributed by atoms with Crippen molar-refractivity contribution in [2.45, 2.75) is 13.8 Å². The standard InChI is InChI=1S/C17H16N2O/c1-10-6-7-12(8-14(10)18)17(20)13-9-19-15-5-3-4-11(2)16(13)15/h3-9,19H,18H2,1-2H3. The predicted octanol–water partition coefficient (Wildman–Crippen LogP) is 3.60. The van der Waals surface area contributed by atoms with E-state index >= 15 is 0 Å². The van der Waals surface area contributed by atoms with Gasteiger partial charge in [0.25, 0.3) is 0 Å². The summed E-state index contributed by atoms with van der Waals surface area (Å²) in [5.41, 5.74) is 10.9. The van der Waals surface area contributed by atoms with Crippen LogP contribution in [0.15, 0.2) is 42.6 Å². The van der Waals surface area contributed by atoms with Crippen LogP contribution in [-0.2, 0) is 0 Å². The van der Waals surface area contributed by atoms with Gasteiger partial charge in [0.15, 0.2) is 5.78 Å². The lowest BCUT2D eigenvalue weighted by Crippen LogP contribution is -2.02. The van der Waals surface area contributed by atoms with Gasteiger partial charge in [-0.05, 0) is 37.1 Å². The molecule has 0 saturated heterocycles. The van der Waals surface area contributed by atoms with Crippen molar-refractivity contribution >= 4 is 22.4 Å². The molecule has 0 atom stereocenters. The zero-order valence-electron chi connectivity index (χ0n) is 11.5. The first-order chi connectivity index (χ1) is 9.58. The fourth-order valence-corrected chi connectivity index (χ4v) is 2.48. The summed E-state index contributed by atoms with van der Waals surface area (Å²) in [5.74, 6) is -0.00255. The van der Waals surface area contributed by atoms with E-state index in [4.69, 9.17) is 5.73 Å². The summed E-state index contributed by atoms with van der Waals surface area (Å²) in [7, 11) is 0. The number of aromatic amines is 1. The number of rotatable bonds is 2. The number of carbonyl (C=O) groups is 1. The summed E-state index contributed by atoms with van der Waals surface area (Å²) in [5, 5.41) is 0.983. The van der Waals surface area contributed by atoms with Gasteiger partial charge >= 0.3 is 0 Å². The van der Waals surface area contributed by atoms with E-state index in [1.54, 1.807) is 12.3 Å². The van der Waals surface area contributed by atoms with Crippen molar-refractivity contribution < 1.29 is 4.79 Å². The Morgan fingerprint density at radius 2 is 1.90 bits per heavy atom. The zero-order chi connectivity index (χ0) is 14.3. The van der Waals surface area contributed by atoms with Crippen molar-refractivity contribution in [3.05, 3.63) is 64.8 Å². The summed E-state index contributed by atoms with van der Waals surface area (Å²) in [6, 6.07) is 11.4. The first-order valence-electron chi connectivity index (χ1n) is 6.55. The number of carbonyl (C=O) groups excluding carboxylic acids is 1. The molecule has 3 N–H and O–H groups in total. The van der Waals surface area contributed by atoms with E-state index in [-0.39, 0.29) is 5.78 Å². The van der Waals surface area contributed by atoms with E-state index in [1.165, 1.54) is 0 Å². The van der Waals surface area contributed by atoms with Crippen LogP contribution in [0.3, 0.4) is 0 Å². The second-order valence-electron chi connectivity index (χ2n) is 5.10. The van der Waals surface area contributed by atoms with Crippen molar-refractivity contribution in [3.8, 4) is 0 Å². The Morgan fingerprint density at radius 1 is 1.10 bits per heavy atom. The fourth-order valence-electron chi connectivity index (χ4n) is 2.48. The molecule has 0 unspecified atom stereocenters. The van der Waals surface area contributed by atoms with Gasteiger partial charge < -0.3 is 10.7 Å². The van der Waals surface area contributed by atoms with Gasteiger partial charge in [-0.2, -0.15) is 0 Å². The summed E-state index contributed by atoms with van der Waals surface area (Å²) in [6.07, 6.45) is 1.77. The van der Waals surface area contributed by atoms with E-state index < -0.39 is 0 Å². The number of nitrogens with two attached hydrogens (primary N) is 1. The number of aromatic nitrogens is 1. The highest BCUT2D eigenvalue weighted by Gasteiger charge is 2.15. The maximum atomic E-state index is 12.7. The zero-order valence-corrected chi connectivity index (χ0v) is 11.5. The highest BCUT2D eigenvalue weighted by Crippen LogP contribution is 2.25. The lowest BCUT2D eigenvalue weighted by molar-refractivity contribution is 0.104. The summed E-state index contributed by atoms with van der Waals surface area (Å²) in [4.78, 5) is 15.8. The Bertz CT molecular complexity index is 815. The van der Waals surface area contributed by atoms with Gasteiger partial charge in [-0.25, -0.2) is 0 Å². The van der Waals surface area contributed by atoms with E-state index in [2.05, 4.69) is 4.98 Å². The van der Waals surface area contributed by atoms with Crippen LogP contribution in [-0.4, -0.2) is 10.8 Å². The molecule has 3 nitrogen and oxygen atoms in total. The highest BCUT2D eigenvalue weighted by molar-refractivity contribution is 6.17. The molecule has 3 aromatic rings. The average Bonchev–Trinajstić information content (AvgIpc) is 2.86. The van der Waals surface area contributed by atoms with Crippen molar-refractivity contribution in [2.75, 3.05) is 5.73 Å². The minimum absolute atomic E-state index is 0.00255. The molecule has 0 aliphatic rings. The second-order valence-corrected chi connectivity index (χ2v) is 5.10. The molecule has 0 spiro atoms. The Hall–Kier alpha value is -2.55. The minimum Gasteiger partial charge on any atom is -0.398 e. The van der Waals surface area contributed by atoms with Gasteiger partial charge in [-0.3, -0.25) is 4.79 Å². The normalized spacial score (nSPS) is 10.9. The van der Waals surface area contributed by atoms with Gasteiger partial charge in [0.05, 0.1) is 0 Å². The monoisotopic (exact) mass is 264 g/mol. The van der Waals surface area contributed by atoms with Crippen LogP contribution >= 0.6 is 0 Å². The van der Waals surface area contributed by atoms with Gasteiger partial charge in [-0.15, -0.1) is 0 Å². The average molecular weight is 264 g/mol. The molecule has 20 heavy (non-hydrogen) atoms. The molecule has 3 heteroatoms. The number of nitrogens with one attached hydrogen (secondary N) is 1. The van der Waals surface area contributed by atoms with E-state index in [0.717, 1.165) is 22.0 Å². The Labute approximate surface area is 117 Å². The van der Waals surface area contributed by atoms with Gasteiger partial charge in [0, 0.05) is 33.9 Å². The molecule has 0 bridgehead atoms. The van der Waals surface area contributed by atoms with Crippen molar-refractivity contribution in [1.29, 1.82) is 0 Å². The van der Waals surface area contributed by atoms with Crippen LogP contribution in [0.5, 0.6) is 0 Å². The minimum atomic E-state index is -0.00255. The van der Waals surface area contributed by atoms with Crippen LogP contribution in [0, 0.1) is 13.8 Å². The SMILES string of the molecule is Cc1ccc(C(=O)c2c[nH]c3cccc(C)c23)cc1N. The van der Waals surface area contributed by atoms with Crippen molar-refractivity contribution in [3.63, 3.8) is 0 Å².